The fourth-order valence-electron chi connectivity index (χ4n) is 2.92. The van der Waals surface area contributed by atoms with E-state index in [2.05, 4.69) is 39.5 Å². The summed E-state index contributed by atoms with van der Waals surface area (Å²) >= 11 is 0. The molecule has 1 fully saturated rings. The lowest BCUT2D eigenvalue weighted by Gasteiger charge is -2.25. The van der Waals surface area contributed by atoms with Crippen molar-refractivity contribution >= 4 is 5.96 Å². The van der Waals surface area contributed by atoms with Crippen molar-refractivity contribution in [3.63, 3.8) is 0 Å². The molecule has 0 amide bonds. The molecule has 1 aliphatic heterocycles. The van der Waals surface area contributed by atoms with Gasteiger partial charge in [-0.05, 0) is 25.8 Å². The third kappa shape index (κ3) is 4.17. The van der Waals surface area contributed by atoms with E-state index in [0.29, 0.717) is 13.1 Å². The lowest BCUT2D eigenvalue weighted by Crippen LogP contribution is -2.41. The predicted molar refractivity (Wildman–Crippen MR) is 97.1 cm³/mol. The smallest absolute Gasteiger partial charge is 0.194 e. The number of nitrogens with one attached hydrogen (secondary N) is 1. The molecule has 2 atom stereocenters. The van der Waals surface area contributed by atoms with E-state index in [1.807, 2.05) is 36.7 Å². The number of aliphatic imine (C=N–C) groups is 1. The van der Waals surface area contributed by atoms with Gasteiger partial charge in [-0.1, -0.05) is 30.3 Å². The lowest BCUT2D eigenvalue weighted by molar-refractivity contribution is 0.187. The maximum atomic E-state index is 9.88. The molecule has 0 saturated carbocycles. The maximum absolute atomic E-state index is 9.88. The van der Waals surface area contributed by atoms with Crippen molar-refractivity contribution < 1.29 is 5.11 Å². The van der Waals surface area contributed by atoms with Gasteiger partial charge < -0.3 is 19.9 Å². The van der Waals surface area contributed by atoms with Crippen molar-refractivity contribution in [3.8, 4) is 0 Å². The van der Waals surface area contributed by atoms with Gasteiger partial charge in [0.15, 0.2) is 11.8 Å². The number of β-amino-alcohol motifs (C(OH)–C–C–N with tert-alkyl or cyclic N) is 1. The lowest BCUT2D eigenvalue weighted by atomic mass is 10.1. The largest absolute Gasteiger partial charge is 0.391 e. The van der Waals surface area contributed by atoms with Crippen LogP contribution < -0.4 is 5.32 Å². The van der Waals surface area contributed by atoms with E-state index in [1.165, 1.54) is 5.56 Å². The van der Waals surface area contributed by atoms with Gasteiger partial charge in [-0.15, -0.1) is 10.2 Å². The molecule has 0 radical (unpaired) electrons. The number of nitrogens with zero attached hydrogens (tertiary/aromatic N) is 5. The number of rotatable bonds is 4. The Hall–Kier alpha value is -2.41. The average Bonchev–Trinajstić information content (AvgIpc) is 3.19. The Morgan fingerprint density at radius 1 is 1.36 bits per heavy atom. The van der Waals surface area contributed by atoms with Crippen LogP contribution in [-0.2, 0) is 13.6 Å². The molecule has 1 aromatic carbocycles. The highest BCUT2D eigenvalue weighted by atomic mass is 16.3. The molecule has 2 N–H and O–H groups in total. The van der Waals surface area contributed by atoms with Gasteiger partial charge in [0.05, 0.1) is 12.1 Å². The number of hydrogen-bond acceptors (Lipinski definition) is 4. The minimum atomic E-state index is -0.295. The van der Waals surface area contributed by atoms with Crippen LogP contribution in [0.2, 0.25) is 0 Å². The van der Waals surface area contributed by atoms with Crippen molar-refractivity contribution in [3.05, 3.63) is 47.5 Å². The minimum Gasteiger partial charge on any atom is -0.391 e. The van der Waals surface area contributed by atoms with Crippen LogP contribution in [-0.4, -0.2) is 49.9 Å². The third-order valence-corrected chi connectivity index (χ3v) is 4.66. The van der Waals surface area contributed by atoms with E-state index in [9.17, 15) is 5.11 Å². The van der Waals surface area contributed by atoms with Gasteiger partial charge in [0, 0.05) is 20.1 Å². The number of aliphatic hydroxyl groups excluding tert-OH is 1. The molecule has 0 spiro atoms. The van der Waals surface area contributed by atoms with Crippen LogP contribution in [0.3, 0.4) is 0 Å². The van der Waals surface area contributed by atoms with Crippen molar-refractivity contribution in [2.24, 2.45) is 12.0 Å². The van der Waals surface area contributed by atoms with E-state index in [4.69, 9.17) is 4.99 Å². The monoisotopic (exact) mass is 342 g/mol. The first kappa shape index (κ1) is 17.4. The molecular weight excluding hydrogens is 316 g/mol. The van der Waals surface area contributed by atoms with Crippen molar-refractivity contribution in [1.29, 1.82) is 0 Å². The summed E-state index contributed by atoms with van der Waals surface area (Å²) in [5.41, 5.74) is 1.20. The summed E-state index contributed by atoms with van der Waals surface area (Å²) in [7, 11) is 1.94. The molecule has 1 unspecified atom stereocenters. The van der Waals surface area contributed by atoms with Crippen LogP contribution in [0.4, 0.5) is 0 Å². The average molecular weight is 342 g/mol. The number of aliphatic hydroxyl groups is 1. The first-order valence-corrected chi connectivity index (χ1v) is 8.68. The van der Waals surface area contributed by atoms with Gasteiger partial charge in [-0.2, -0.15) is 0 Å². The Balaban J connectivity index is 1.77. The Bertz CT molecular complexity index is 726. The first-order chi connectivity index (χ1) is 12.0. The Kier molecular flexibility index (Phi) is 5.33. The molecule has 2 heterocycles. The quantitative estimate of drug-likeness (QED) is 0.649. The zero-order chi connectivity index (χ0) is 17.8. The van der Waals surface area contributed by atoms with E-state index in [0.717, 1.165) is 30.6 Å². The molecule has 7 nitrogen and oxygen atoms in total. The molecule has 7 heteroatoms. The molecule has 25 heavy (non-hydrogen) atoms. The molecule has 134 valence electrons. The summed E-state index contributed by atoms with van der Waals surface area (Å²) in [6.07, 6.45) is 0.472. The highest BCUT2D eigenvalue weighted by molar-refractivity contribution is 5.80. The molecule has 1 aromatic heterocycles. The summed E-state index contributed by atoms with van der Waals surface area (Å²) in [5.74, 6) is 2.49. The second-order valence-electron chi connectivity index (χ2n) is 6.53. The third-order valence-electron chi connectivity index (χ3n) is 4.66. The van der Waals surface area contributed by atoms with E-state index in [1.54, 1.807) is 0 Å². The molecule has 0 aliphatic carbocycles. The summed E-state index contributed by atoms with van der Waals surface area (Å²) < 4.78 is 1.95. The predicted octanol–water partition coefficient (Wildman–Crippen LogP) is 1.40. The Morgan fingerprint density at radius 3 is 2.72 bits per heavy atom. The van der Waals surface area contributed by atoms with Gasteiger partial charge >= 0.3 is 0 Å². The molecule has 0 bridgehead atoms. The number of likely N-dealkylation sites (tertiary alicyclic amines) is 1. The van der Waals surface area contributed by atoms with Crippen LogP contribution in [0.25, 0.3) is 0 Å². The van der Waals surface area contributed by atoms with Crippen LogP contribution in [0.5, 0.6) is 0 Å². The maximum Gasteiger partial charge on any atom is 0.194 e. The summed E-state index contributed by atoms with van der Waals surface area (Å²) in [6, 6.07) is 10.4. The molecule has 1 aliphatic rings. The number of guanidine groups is 1. The molecule has 3 rings (SSSR count). The molecule has 2 aromatic rings. The van der Waals surface area contributed by atoms with Crippen molar-refractivity contribution in [1.82, 2.24) is 25.0 Å². The number of benzene rings is 1. The van der Waals surface area contributed by atoms with Crippen LogP contribution in [0.1, 0.15) is 36.6 Å². The van der Waals surface area contributed by atoms with E-state index < -0.39 is 0 Å². The van der Waals surface area contributed by atoms with Crippen molar-refractivity contribution in [2.75, 3.05) is 13.1 Å². The molecule has 1 saturated heterocycles. The van der Waals surface area contributed by atoms with Crippen LogP contribution >= 0.6 is 0 Å². The number of hydrogen-bond donors (Lipinski definition) is 2. The summed E-state index contributed by atoms with van der Waals surface area (Å²) in [4.78, 5) is 6.85. The van der Waals surface area contributed by atoms with Crippen molar-refractivity contribution in [2.45, 2.75) is 39.0 Å². The summed E-state index contributed by atoms with van der Waals surface area (Å²) in [6.45, 7) is 5.89. The van der Waals surface area contributed by atoms with Crippen LogP contribution in [0.15, 0.2) is 35.3 Å². The fraction of sp³-hybridized carbons (Fsp3) is 0.500. The summed E-state index contributed by atoms with van der Waals surface area (Å²) in [5, 5.41) is 21.6. The van der Waals surface area contributed by atoms with E-state index in [-0.39, 0.29) is 12.1 Å². The second kappa shape index (κ2) is 7.65. The van der Waals surface area contributed by atoms with Gasteiger partial charge in [0.2, 0.25) is 0 Å². The van der Waals surface area contributed by atoms with E-state index >= 15 is 0 Å². The van der Waals surface area contributed by atoms with Gasteiger partial charge in [0.1, 0.15) is 12.4 Å². The highest BCUT2D eigenvalue weighted by Crippen LogP contribution is 2.15. The minimum absolute atomic E-state index is 0.124. The SMILES string of the molecule is Cc1nnc(CN=C(NC(C)c2ccccc2)N2CC[C@@H](O)C2)n1C. The first-order valence-electron chi connectivity index (χ1n) is 8.68. The number of aryl methyl sites for hydroxylation is 1. The fourth-order valence-corrected chi connectivity index (χ4v) is 2.92. The van der Waals surface area contributed by atoms with Crippen LogP contribution in [0, 0.1) is 6.92 Å². The standard InChI is InChI=1S/C18H26N6O/c1-13(15-7-5-4-6-8-15)20-18(24-10-9-16(25)12-24)19-11-17-22-21-14(2)23(17)3/h4-8,13,16,25H,9-12H2,1-3H3,(H,19,20)/t13?,16-/m1/s1. The normalized spacial score (nSPS) is 19.3. The highest BCUT2D eigenvalue weighted by Gasteiger charge is 2.24. The Labute approximate surface area is 148 Å². The second-order valence-corrected chi connectivity index (χ2v) is 6.53. The van der Waals surface area contributed by atoms with Gasteiger partial charge in [0.25, 0.3) is 0 Å². The zero-order valence-electron chi connectivity index (χ0n) is 15.1. The van der Waals surface area contributed by atoms with Gasteiger partial charge in [-0.3, -0.25) is 0 Å². The molecular formula is C18H26N6O. The zero-order valence-corrected chi connectivity index (χ0v) is 15.1. The van der Waals surface area contributed by atoms with Gasteiger partial charge in [-0.25, -0.2) is 4.99 Å². The topological polar surface area (TPSA) is 78.6 Å². The Morgan fingerprint density at radius 2 is 2.12 bits per heavy atom. The number of aromatic nitrogens is 3.